The minimum Gasteiger partial charge on any atom is -0.348 e. The summed E-state index contributed by atoms with van der Waals surface area (Å²) in [5, 5.41) is 12.2. The molecule has 0 atom stereocenters. The molecule has 0 saturated carbocycles. The van der Waals surface area contributed by atoms with E-state index in [0.29, 0.717) is 22.7 Å². The number of hydrogen-bond donors (Lipinski definition) is 1. The largest absolute Gasteiger partial charge is 0.348 e. The Bertz CT molecular complexity index is 612. The number of nitrogens with one attached hydrogen (secondary N) is 1. The zero-order valence-electron chi connectivity index (χ0n) is 10.1. The first-order valence-electron chi connectivity index (χ1n) is 5.72. The van der Waals surface area contributed by atoms with Crippen molar-refractivity contribution in [2.75, 3.05) is 0 Å². The Morgan fingerprint density at radius 3 is 2.32 bits per heavy atom. The molecule has 0 aromatic heterocycles. The third-order valence-corrected chi connectivity index (χ3v) is 2.89. The Hall–Kier alpha value is -2.31. The van der Waals surface area contributed by atoms with Gasteiger partial charge in [0.1, 0.15) is 0 Å². The van der Waals surface area contributed by atoms with Crippen molar-refractivity contribution >= 4 is 17.5 Å². The van der Waals surface area contributed by atoms with Gasteiger partial charge in [0, 0.05) is 17.1 Å². The molecular formula is C15H11ClN2O. The van der Waals surface area contributed by atoms with Crippen LogP contribution in [0.25, 0.3) is 0 Å². The van der Waals surface area contributed by atoms with E-state index in [1.807, 2.05) is 18.2 Å². The maximum absolute atomic E-state index is 11.9. The normalized spacial score (nSPS) is 9.68. The Morgan fingerprint density at radius 1 is 1.11 bits per heavy atom. The average molecular weight is 271 g/mol. The maximum atomic E-state index is 11.9. The van der Waals surface area contributed by atoms with Crippen LogP contribution in [-0.4, -0.2) is 5.91 Å². The second kappa shape index (κ2) is 6.03. The van der Waals surface area contributed by atoms with Crippen LogP contribution in [0.2, 0.25) is 5.02 Å². The van der Waals surface area contributed by atoms with Gasteiger partial charge in [-0.15, -0.1) is 0 Å². The van der Waals surface area contributed by atoms with E-state index in [9.17, 15) is 4.79 Å². The molecule has 0 fully saturated rings. The van der Waals surface area contributed by atoms with Crippen LogP contribution in [0.15, 0.2) is 48.5 Å². The van der Waals surface area contributed by atoms with Crippen LogP contribution in [0.1, 0.15) is 21.5 Å². The van der Waals surface area contributed by atoms with Gasteiger partial charge in [0.2, 0.25) is 0 Å². The third-order valence-electron chi connectivity index (χ3n) is 2.64. The lowest BCUT2D eigenvalue weighted by Gasteiger charge is -2.05. The Balaban J connectivity index is 1.97. The van der Waals surface area contributed by atoms with Crippen molar-refractivity contribution < 1.29 is 4.79 Å². The highest BCUT2D eigenvalue weighted by Gasteiger charge is 2.04. The van der Waals surface area contributed by atoms with E-state index < -0.39 is 0 Å². The molecular weight excluding hydrogens is 260 g/mol. The van der Waals surface area contributed by atoms with Gasteiger partial charge in [0.15, 0.2) is 0 Å². The summed E-state index contributed by atoms with van der Waals surface area (Å²) < 4.78 is 0. The number of hydrogen-bond acceptors (Lipinski definition) is 2. The topological polar surface area (TPSA) is 52.9 Å². The molecule has 0 aliphatic heterocycles. The van der Waals surface area contributed by atoms with Crippen LogP contribution in [0.3, 0.4) is 0 Å². The van der Waals surface area contributed by atoms with Gasteiger partial charge < -0.3 is 5.32 Å². The molecule has 0 radical (unpaired) electrons. The lowest BCUT2D eigenvalue weighted by molar-refractivity contribution is 0.0951. The molecule has 1 N–H and O–H groups in total. The minimum absolute atomic E-state index is 0.167. The van der Waals surface area contributed by atoms with E-state index in [4.69, 9.17) is 16.9 Å². The third kappa shape index (κ3) is 3.57. The van der Waals surface area contributed by atoms with Crippen molar-refractivity contribution in [1.82, 2.24) is 5.32 Å². The van der Waals surface area contributed by atoms with Crippen molar-refractivity contribution in [3.05, 3.63) is 70.2 Å². The van der Waals surface area contributed by atoms with Gasteiger partial charge in [0.05, 0.1) is 11.6 Å². The lowest BCUT2D eigenvalue weighted by atomic mass is 10.1. The Labute approximate surface area is 116 Å². The Kier molecular flexibility index (Phi) is 4.17. The molecule has 2 rings (SSSR count). The van der Waals surface area contributed by atoms with Crippen LogP contribution in [-0.2, 0) is 6.54 Å². The molecule has 0 aliphatic rings. The van der Waals surface area contributed by atoms with Gasteiger partial charge in [-0.1, -0.05) is 23.7 Å². The van der Waals surface area contributed by atoms with E-state index in [0.717, 1.165) is 5.56 Å². The van der Waals surface area contributed by atoms with E-state index in [-0.39, 0.29) is 5.91 Å². The highest BCUT2D eigenvalue weighted by molar-refractivity contribution is 6.30. The predicted molar refractivity (Wildman–Crippen MR) is 73.8 cm³/mol. The molecule has 0 saturated heterocycles. The second-order valence-electron chi connectivity index (χ2n) is 4.00. The first kappa shape index (κ1) is 13.1. The van der Waals surface area contributed by atoms with Crippen LogP contribution in [0, 0.1) is 11.3 Å². The summed E-state index contributed by atoms with van der Waals surface area (Å²) in [6.45, 7) is 0.440. The molecule has 3 nitrogen and oxygen atoms in total. The van der Waals surface area contributed by atoms with Gasteiger partial charge in [0.25, 0.3) is 5.91 Å². The fourth-order valence-corrected chi connectivity index (χ4v) is 1.71. The highest BCUT2D eigenvalue weighted by atomic mass is 35.5. The molecule has 0 unspecified atom stereocenters. The summed E-state index contributed by atoms with van der Waals surface area (Å²) in [5.74, 6) is -0.167. The number of halogens is 1. The first-order chi connectivity index (χ1) is 9.19. The Morgan fingerprint density at radius 2 is 1.74 bits per heavy atom. The van der Waals surface area contributed by atoms with Crippen LogP contribution in [0.5, 0.6) is 0 Å². The van der Waals surface area contributed by atoms with E-state index >= 15 is 0 Å². The van der Waals surface area contributed by atoms with Crippen LogP contribution >= 0.6 is 11.6 Å². The first-order valence-corrected chi connectivity index (χ1v) is 6.09. The van der Waals surface area contributed by atoms with Gasteiger partial charge >= 0.3 is 0 Å². The van der Waals surface area contributed by atoms with Gasteiger partial charge in [-0.3, -0.25) is 4.79 Å². The van der Waals surface area contributed by atoms with Crippen molar-refractivity contribution in [1.29, 1.82) is 5.26 Å². The highest BCUT2D eigenvalue weighted by Crippen LogP contribution is 2.09. The lowest BCUT2D eigenvalue weighted by Crippen LogP contribution is -2.22. The molecule has 19 heavy (non-hydrogen) atoms. The minimum atomic E-state index is -0.167. The number of carbonyl (C=O) groups is 1. The van der Waals surface area contributed by atoms with Gasteiger partial charge in [-0.25, -0.2) is 0 Å². The summed E-state index contributed by atoms with van der Waals surface area (Å²) >= 11 is 5.79. The van der Waals surface area contributed by atoms with E-state index in [1.54, 1.807) is 36.4 Å². The SMILES string of the molecule is N#Cc1ccc(C(=O)NCc2ccc(Cl)cc2)cc1. The van der Waals surface area contributed by atoms with E-state index in [1.165, 1.54) is 0 Å². The molecule has 0 heterocycles. The zero-order chi connectivity index (χ0) is 13.7. The number of benzene rings is 2. The molecule has 2 aromatic carbocycles. The summed E-state index contributed by atoms with van der Waals surface area (Å²) in [6.07, 6.45) is 0. The quantitative estimate of drug-likeness (QED) is 0.931. The standard InChI is InChI=1S/C15H11ClN2O/c16-14-7-3-12(4-8-14)10-18-15(19)13-5-1-11(9-17)2-6-13/h1-8H,10H2,(H,18,19). The summed E-state index contributed by atoms with van der Waals surface area (Å²) in [6, 6.07) is 15.8. The number of amides is 1. The molecule has 0 spiro atoms. The molecule has 4 heteroatoms. The van der Waals surface area contributed by atoms with Crippen molar-refractivity contribution in [2.45, 2.75) is 6.54 Å². The monoisotopic (exact) mass is 270 g/mol. The molecule has 2 aromatic rings. The average Bonchev–Trinajstić information content (AvgIpc) is 2.46. The number of nitrogens with zero attached hydrogens (tertiary/aromatic N) is 1. The molecule has 0 bridgehead atoms. The number of rotatable bonds is 3. The van der Waals surface area contributed by atoms with Gasteiger partial charge in [-0.05, 0) is 42.0 Å². The van der Waals surface area contributed by atoms with Crippen molar-refractivity contribution in [3.63, 3.8) is 0 Å². The zero-order valence-corrected chi connectivity index (χ0v) is 10.8. The molecule has 1 amide bonds. The molecule has 94 valence electrons. The second-order valence-corrected chi connectivity index (χ2v) is 4.43. The summed E-state index contributed by atoms with van der Waals surface area (Å²) in [7, 11) is 0. The fraction of sp³-hybridized carbons (Fsp3) is 0.0667. The fourth-order valence-electron chi connectivity index (χ4n) is 1.58. The van der Waals surface area contributed by atoms with Crippen LogP contribution in [0.4, 0.5) is 0 Å². The molecule has 0 aliphatic carbocycles. The van der Waals surface area contributed by atoms with Gasteiger partial charge in [-0.2, -0.15) is 5.26 Å². The van der Waals surface area contributed by atoms with Crippen molar-refractivity contribution in [2.24, 2.45) is 0 Å². The smallest absolute Gasteiger partial charge is 0.251 e. The maximum Gasteiger partial charge on any atom is 0.251 e. The summed E-state index contributed by atoms with van der Waals surface area (Å²) in [5.41, 5.74) is 2.05. The predicted octanol–water partition coefficient (Wildman–Crippen LogP) is 3.14. The summed E-state index contributed by atoms with van der Waals surface area (Å²) in [4.78, 5) is 11.9. The number of nitriles is 1. The number of carbonyl (C=O) groups excluding carboxylic acids is 1. The van der Waals surface area contributed by atoms with Crippen molar-refractivity contribution in [3.8, 4) is 6.07 Å². The van der Waals surface area contributed by atoms with Crippen LogP contribution < -0.4 is 5.32 Å². The van der Waals surface area contributed by atoms with E-state index in [2.05, 4.69) is 5.32 Å².